The van der Waals surface area contributed by atoms with E-state index < -0.39 is 23.0 Å². The third kappa shape index (κ3) is 2.80. The van der Waals surface area contributed by atoms with Crippen LogP contribution >= 0.6 is 15.9 Å². The maximum Gasteiger partial charge on any atom is 0.304 e. The standard InChI is InChI=1S/C12H13BrF2O3/c1-12(2,5-8(16)17)6-4-7(14)9(13)10(15)11(6)18-3/h4H,5H2,1-3H3,(H,16,17). The third-order valence-corrected chi connectivity index (χ3v) is 3.37. The van der Waals surface area contributed by atoms with Crippen LogP contribution in [0.5, 0.6) is 5.75 Å². The molecule has 1 aromatic rings. The number of methoxy groups -OCH3 is 1. The second-order valence-corrected chi connectivity index (χ2v) is 5.31. The van der Waals surface area contributed by atoms with Crippen molar-refractivity contribution < 1.29 is 23.4 Å². The third-order valence-electron chi connectivity index (χ3n) is 2.64. The van der Waals surface area contributed by atoms with Gasteiger partial charge in [0.25, 0.3) is 0 Å². The number of aliphatic carboxylic acids is 1. The van der Waals surface area contributed by atoms with Gasteiger partial charge in [0.2, 0.25) is 0 Å². The Morgan fingerprint density at radius 3 is 2.50 bits per heavy atom. The van der Waals surface area contributed by atoms with Crippen LogP contribution in [0.15, 0.2) is 10.5 Å². The first-order valence-electron chi connectivity index (χ1n) is 5.14. The molecule has 0 radical (unpaired) electrons. The van der Waals surface area contributed by atoms with Crippen molar-refractivity contribution in [3.8, 4) is 5.75 Å². The molecule has 18 heavy (non-hydrogen) atoms. The maximum atomic E-state index is 13.8. The molecule has 0 fully saturated rings. The molecule has 0 saturated carbocycles. The summed E-state index contributed by atoms with van der Waals surface area (Å²) < 4.78 is 32.0. The normalized spacial score (nSPS) is 11.4. The molecular formula is C12H13BrF2O3. The highest BCUT2D eigenvalue weighted by Crippen LogP contribution is 2.39. The molecule has 0 aliphatic rings. The minimum Gasteiger partial charge on any atom is -0.493 e. The van der Waals surface area contributed by atoms with Crippen molar-refractivity contribution in [1.82, 2.24) is 0 Å². The lowest BCUT2D eigenvalue weighted by Crippen LogP contribution is -2.23. The largest absolute Gasteiger partial charge is 0.493 e. The molecule has 1 aromatic carbocycles. The quantitative estimate of drug-likeness (QED) is 0.863. The molecule has 0 spiro atoms. The monoisotopic (exact) mass is 322 g/mol. The zero-order chi connectivity index (χ0) is 14.1. The first-order valence-corrected chi connectivity index (χ1v) is 5.93. The summed E-state index contributed by atoms with van der Waals surface area (Å²) in [6, 6.07) is 1.09. The van der Waals surface area contributed by atoms with Crippen molar-refractivity contribution in [3.05, 3.63) is 27.7 Å². The fraction of sp³-hybridized carbons (Fsp3) is 0.417. The Morgan fingerprint density at radius 1 is 1.50 bits per heavy atom. The van der Waals surface area contributed by atoms with Crippen LogP contribution in [0.25, 0.3) is 0 Å². The molecule has 0 heterocycles. The van der Waals surface area contributed by atoms with Crippen LogP contribution in [0.4, 0.5) is 8.78 Å². The number of rotatable bonds is 4. The molecule has 0 aliphatic heterocycles. The topological polar surface area (TPSA) is 46.5 Å². The Balaban J connectivity index is 3.44. The lowest BCUT2D eigenvalue weighted by molar-refractivity contribution is -0.138. The van der Waals surface area contributed by atoms with E-state index in [-0.39, 0.29) is 22.2 Å². The van der Waals surface area contributed by atoms with E-state index in [0.717, 1.165) is 6.07 Å². The van der Waals surface area contributed by atoms with E-state index >= 15 is 0 Å². The zero-order valence-electron chi connectivity index (χ0n) is 10.2. The average molecular weight is 323 g/mol. The smallest absolute Gasteiger partial charge is 0.304 e. The summed E-state index contributed by atoms with van der Waals surface area (Å²) in [4.78, 5) is 10.8. The molecule has 0 bridgehead atoms. The molecule has 3 nitrogen and oxygen atoms in total. The predicted octanol–water partition coefficient (Wildman–Crippen LogP) is 3.49. The molecule has 1 N–H and O–H groups in total. The number of carboxylic acid groups (broad SMARTS) is 1. The first kappa shape index (κ1) is 14.9. The van der Waals surface area contributed by atoms with Gasteiger partial charge in [0.05, 0.1) is 18.0 Å². The number of benzene rings is 1. The summed E-state index contributed by atoms with van der Waals surface area (Å²) in [6.07, 6.45) is -0.260. The van der Waals surface area contributed by atoms with Gasteiger partial charge < -0.3 is 9.84 Å². The first-order chi connectivity index (χ1) is 8.20. The Hall–Kier alpha value is -1.17. The van der Waals surface area contributed by atoms with E-state index in [4.69, 9.17) is 9.84 Å². The van der Waals surface area contributed by atoms with Crippen molar-refractivity contribution >= 4 is 21.9 Å². The molecule has 0 aliphatic carbocycles. The Labute approximate surface area is 112 Å². The van der Waals surface area contributed by atoms with Gasteiger partial charge in [0.1, 0.15) is 5.82 Å². The van der Waals surface area contributed by atoms with Gasteiger partial charge in [-0.2, -0.15) is 0 Å². The molecule has 0 amide bonds. The summed E-state index contributed by atoms with van der Waals surface area (Å²) in [5.74, 6) is -2.85. The van der Waals surface area contributed by atoms with Gasteiger partial charge in [0.15, 0.2) is 11.6 Å². The fourth-order valence-corrected chi connectivity index (χ4v) is 2.05. The lowest BCUT2D eigenvalue weighted by atomic mass is 9.81. The van der Waals surface area contributed by atoms with Crippen LogP contribution in [-0.4, -0.2) is 18.2 Å². The Kier molecular flexibility index (Phi) is 4.32. The van der Waals surface area contributed by atoms with Crippen LogP contribution < -0.4 is 4.74 Å². The highest BCUT2D eigenvalue weighted by molar-refractivity contribution is 9.10. The van der Waals surface area contributed by atoms with Crippen molar-refractivity contribution in [3.63, 3.8) is 0 Å². The summed E-state index contributed by atoms with van der Waals surface area (Å²) >= 11 is 2.78. The average Bonchev–Trinajstić information content (AvgIpc) is 2.23. The summed E-state index contributed by atoms with van der Waals surface area (Å²) in [7, 11) is 1.25. The summed E-state index contributed by atoms with van der Waals surface area (Å²) in [5, 5.41) is 8.83. The van der Waals surface area contributed by atoms with Crippen molar-refractivity contribution in [1.29, 1.82) is 0 Å². The van der Waals surface area contributed by atoms with Crippen LogP contribution in [-0.2, 0) is 10.2 Å². The SMILES string of the molecule is COc1c(C(C)(C)CC(=O)O)cc(F)c(Br)c1F. The second-order valence-electron chi connectivity index (χ2n) is 4.52. The predicted molar refractivity (Wildman–Crippen MR) is 65.9 cm³/mol. The highest BCUT2D eigenvalue weighted by atomic mass is 79.9. The number of hydrogen-bond acceptors (Lipinski definition) is 2. The lowest BCUT2D eigenvalue weighted by Gasteiger charge is -2.26. The molecular weight excluding hydrogens is 310 g/mol. The van der Waals surface area contributed by atoms with Crippen LogP contribution in [0.2, 0.25) is 0 Å². The van der Waals surface area contributed by atoms with E-state index in [0.29, 0.717) is 0 Å². The zero-order valence-corrected chi connectivity index (χ0v) is 11.8. The molecule has 100 valence electrons. The van der Waals surface area contributed by atoms with E-state index in [1.807, 2.05) is 0 Å². The van der Waals surface area contributed by atoms with Gasteiger partial charge in [-0.25, -0.2) is 8.78 Å². The molecule has 0 aromatic heterocycles. The van der Waals surface area contributed by atoms with E-state index in [2.05, 4.69) is 15.9 Å². The van der Waals surface area contributed by atoms with Crippen molar-refractivity contribution in [2.24, 2.45) is 0 Å². The summed E-state index contributed by atoms with van der Waals surface area (Å²) in [5.41, 5.74) is -0.759. The number of hydrogen-bond donors (Lipinski definition) is 1. The molecule has 0 atom stereocenters. The van der Waals surface area contributed by atoms with Gasteiger partial charge >= 0.3 is 5.97 Å². The number of halogens is 3. The number of carbonyl (C=O) groups is 1. The van der Waals surface area contributed by atoms with E-state index in [1.54, 1.807) is 13.8 Å². The Bertz CT molecular complexity index is 487. The number of ether oxygens (including phenoxy) is 1. The van der Waals surface area contributed by atoms with Crippen molar-refractivity contribution in [2.45, 2.75) is 25.7 Å². The minimum absolute atomic E-state index is 0.144. The Morgan fingerprint density at radius 2 is 2.06 bits per heavy atom. The van der Waals surface area contributed by atoms with Crippen LogP contribution in [0.1, 0.15) is 25.8 Å². The molecule has 0 unspecified atom stereocenters. The molecule has 0 saturated heterocycles. The second kappa shape index (κ2) is 5.22. The number of carboxylic acids is 1. The minimum atomic E-state index is -1.05. The van der Waals surface area contributed by atoms with E-state index in [1.165, 1.54) is 7.11 Å². The van der Waals surface area contributed by atoms with Crippen LogP contribution in [0.3, 0.4) is 0 Å². The van der Waals surface area contributed by atoms with Gasteiger partial charge in [-0.3, -0.25) is 4.79 Å². The van der Waals surface area contributed by atoms with Gasteiger partial charge in [-0.15, -0.1) is 0 Å². The van der Waals surface area contributed by atoms with Gasteiger partial charge in [-0.1, -0.05) is 13.8 Å². The van der Waals surface area contributed by atoms with E-state index in [9.17, 15) is 13.6 Å². The van der Waals surface area contributed by atoms with Gasteiger partial charge in [0, 0.05) is 11.0 Å². The molecule has 6 heteroatoms. The summed E-state index contributed by atoms with van der Waals surface area (Å²) in [6.45, 7) is 3.18. The van der Waals surface area contributed by atoms with Crippen LogP contribution in [0, 0.1) is 11.6 Å². The van der Waals surface area contributed by atoms with Crippen molar-refractivity contribution in [2.75, 3.05) is 7.11 Å². The van der Waals surface area contributed by atoms with Gasteiger partial charge in [-0.05, 0) is 22.0 Å². The maximum absolute atomic E-state index is 13.8. The molecule has 1 rings (SSSR count). The highest BCUT2D eigenvalue weighted by Gasteiger charge is 2.31. The fourth-order valence-electron chi connectivity index (χ4n) is 1.75.